The highest BCUT2D eigenvalue weighted by atomic mass is 32.2. The van der Waals surface area contributed by atoms with Gasteiger partial charge in [0.25, 0.3) is 0 Å². The Balaban J connectivity index is 1.98. The predicted molar refractivity (Wildman–Crippen MR) is 76.8 cm³/mol. The Labute approximate surface area is 113 Å². The highest BCUT2D eigenvalue weighted by Crippen LogP contribution is 2.43. The first kappa shape index (κ1) is 13.4. The van der Waals surface area contributed by atoms with Gasteiger partial charge in [0.15, 0.2) is 0 Å². The van der Waals surface area contributed by atoms with E-state index in [0.29, 0.717) is 13.0 Å². The number of nitrogens with one attached hydrogen (secondary N) is 1. The lowest BCUT2D eigenvalue weighted by molar-refractivity contribution is -0.119. The summed E-state index contributed by atoms with van der Waals surface area (Å²) in [6.45, 7) is 0.616. The van der Waals surface area contributed by atoms with E-state index < -0.39 is 0 Å². The summed E-state index contributed by atoms with van der Waals surface area (Å²) in [5.41, 5.74) is 6.75. The Morgan fingerprint density at radius 1 is 1.44 bits per heavy atom. The van der Waals surface area contributed by atoms with Crippen LogP contribution < -0.4 is 11.1 Å². The molecule has 3 N–H and O–H groups in total. The molecular weight excluding hydrogens is 244 g/mol. The van der Waals surface area contributed by atoms with E-state index in [1.165, 1.54) is 6.42 Å². The van der Waals surface area contributed by atoms with Crippen LogP contribution in [0.4, 0.5) is 5.69 Å². The zero-order valence-corrected chi connectivity index (χ0v) is 11.6. The average Bonchev–Trinajstić information content (AvgIpc) is 2.34. The van der Waals surface area contributed by atoms with Crippen molar-refractivity contribution >= 4 is 23.4 Å². The molecule has 2 rings (SSSR count). The van der Waals surface area contributed by atoms with E-state index in [1.54, 1.807) is 11.8 Å². The number of benzene rings is 1. The second kappa shape index (κ2) is 5.76. The van der Waals surface area contributed by atoms with Crippen molar-refractivity contribution in [1.82, 2.24) is 0 Å². The first-order chi connectivity index (χ1) is 8.69. The maximum absolute atomic E-state index is 12.1. The summed E-state index contributed by atoms with van der Waals surface area (Å²) in [7, 11) is 0. The van der Waals surface area contributed by atoms with Gasteiger partial charge in [-0.05, 0) is 43.2 Å². The fourth-order valence-electron chi connectivity index (χ4n) is 2.41. The molecule has 1 aromatic rings. The summed E-state index contributed by atoms with van der Waals surface area (Å²) in [6, 6.07) is 7.88. The molecule has 1 saturated carbocycles. The molecule has 0 atom stereocenters. The molecule has 0 radical (unpaired) electrons. The molecule has 1 aromatic carbocycles. The molecule has 1 aliphatic carbocycles. The SMILES string of the molecule is CSc1ccccc1NC(=O)CC1(CN)CCC1. The van der Waals surface area contributed by atoms with Crippen LogP contribution in [0.2, 0.25) is 0 Å². The van der Waals surface area contributed by atoms with Crippen molar-refractivity contribution in [3.05, 3.63) is 24.3 Å². The van der Waals surface area contributed by atoms with Crippen molar-refractivity contribution < 1.29 is 4.79 Å². The average molecular weight is 264 g/mol. The van der Waals surface area contributed by atoms with Gasteiger partial charge in [0.1, 0.15) is 0 Å². The number of rotatable bonds is 5. The van der Waals surface area contributed by atoms with Crippen LogP contribution in [0.5, 0.6) is 0 Å². The van der Waals surface area contributed by atoms with E-state index in [-0.39, 0.29) is 11.3 Å². The van der Waals surface area contributed by atoms with Gasteiger partial charge in [0, 0.05) is 11.3 Å². The van der Waals surface area contributed by atoms with Gasteiger partial charge in [0.2, 0.25) is 5.91 Å². The molecule has 18 heavy (non-hydrogen) atoms. The second-order valence-electron chi connectivity index (χ2n) is 4.98. The number of carbonyl (C=O) groups excluding carboxylic acids is 1. The van der Waals surface area contributed by atoms with Crippen LogP contribution in [-0.2, 0) is 4.79 Å². The summed E-state index contributed by atoms with van der Waals surface area (Å²) in [6.07, 6.45) is 5.93. The molecule has 0 aromatic heterocycles. The number of hydrogen-bond donors (Lipinski definition) is 2. The van der Waals surface area contributed by atoms with Gasteiger partial charge in [-0.2, -0.15) is 0 Å². The number of carbonyl (C=O) groups is 1. The van der Waals surface area contributed by atoms with Crippen molar-refractivity contribution in [2.45, 2.75) is 30.6 Å². The van der Waals surface area contributed by atoms with E-state index in [1.807, 2.05) is 30.5 Å². The lowest BCUT2D eigenvalue weighted by Crippen LogP contribution is -2.40. The van der Waals surface area contributed by atoms with Crippen molar-refractivity contribution in [2.75, 3.05) is 18.1 Å². The van der Waals surface area contributed by atoms with Crippen LogP contribution in [-0.4, -0.2) is 18.7 Å². The summed E-state index contributed by atoms with van der Waals surface area (Å²) in [5.74, 6) is 0.0849. The molecule has 1 aliphatic rings. The predicted octanol–water partition coefficient (Wildman–Crippen LogP) is 2.87. The van der Waals surface area contributed by atoms with Crippen LogP contribution in [0.3, 0.4) is 0 Å². The first-order valence-corrected chi connectivity index (χ1v) is 7.54. The van der Waals surface area contributed by atoms with Gasteiger partial charge >= 0.3 is 0 Å². The van der Waals surface area contributed by atoms with Crippen LogP contribution in [0.1, 0.15) is 25.7 Å². The summed E-state index contributed by atoms with van der Waals surface area (Å²) in [5, 5.41) is 3.00. The van der Waals surface area contributed by atoms with E-state index in [4.69, 9.17) is 5.73 Å². The third-order valence-electron chi connectivity index (χ3n) is 3.76. The molecule has 3 nitrogen and oxygen atoms in total. The number of para-hydroxylation sites is 1. The van der Waals surface area contributed by atoms with Gasteiger partial charge in [-0.25, -0.2) is 0 Å². The minimum absolute atomic E-state index is 0.0678. The highest BCUT2D eigenvalue weighted by molar-refractivity contribution is 7.98. The standard InChI is InChI=1S/C14H20N2OS/c1-18-12-6-3-2-5-11(12)16-13(17)9-14(10-15)7-4-8-14/h2-3,5-6H,4,7-10,15H2,1H3,(H,16,17). The summed E-state index contributed by atoms with van der Waals surface area (Å²) >= 11 is 1.64. The maximum Gasteiger partial charge on any atom is 0.225 e. The van der Waals surface area contributed by atoms with Gasteiger partial charge in [-0.3, -0.25) is 4.79 Å². The molecule has 0 saturated heterocycles. The maximum atomic E-state index is 12.1. The molecule has 0 heterocycles. The fourth-order valence-corrected chi connectivity index (χ4v) is 2.97. The fraction of sp³-hybridized carbons (Fsp3) is 0.500. The van der Waals surface area contributed by atoms with Crippen molar-refractivity contribution in [3.63, 3.8) is 0 Å². The van der Waals surface area contributed by atoms with Gasteiger partial charge in [-0.15, -0.1) is 11.8 Å². The van der Waals surface area contributed by atoms with Crippen molar-refractivity contribution in [3.8, 4) is 0 Å². The quantitative estimate of drug-likeness (QED) is 0.804. The molecule has 4 heteroatoms. The Bertz CT molecular complexity index is 424. The largest absolute Gasteiger partial charge is 0.330 e. The first-order valence-electron chi connectivity index (χ1n) is 6.32. The lowest BCUT2D eigenvalue weighted by Gasteiger charge is -2.40. The number of anilines is 1. The Morgan fingerprint density at radius 3 is 2.72 bits per heavy atom. The topological polar surface area (TPSA) is 55.1 Å². The molecule has 1 fully saturated rings. The van der Waals surface area contributed by atoms with Gasteiger partial charge in [0.05, 0.1) is 5.69 Å². The molecule has 0 spiro atoms. The summed E-state index contributed by atoms with van der Waals surface area (Å²) < 4.78 is 0. The number of hydrogen-bond acceptors (Lipinski definition) is 3. The minimum Gasteiger partial charge on any atom is -0.330 e. The zero-order valence-electron chi connectivity index (χ0n) is 10.7. The number of thioether (sulfide) groups is 1. The van der Waals surface area contributed by atoms with Gasteiger partial charge in [-0.1, -0.05) is 18.6 Å². The van der Waals surface area contributed by atoms with E-state index >= 15 is 0 Å². The normalized spacial score (nSPS) is 17.0. The van der Waals surface area contributed by atoms with Crippen LogP contribution in [0.15, 0.2) is 29.2 Å². The van der Waals surface area contributed by atoms with Crippen LogP contribution in [0.25, 0.3) is 0 Å². The number of nitrogens with two attached hydrogens (primary N) is 1. The molecule has 1 amide bonds. The van der Waals surface area contributed by atoms with E-state index in [9.17, 15) is 4.79 Å². The molecule has 0 bridgehead atoms. The Kier molecular flexibility index (Phi) is 4.30. The summed E-state index contributed by atoms with van der Waals surface area (Å²) in [4.78, 5) is 13.2. The minimum atomic E-state index is 0.0678. The third kappa shape index (κ3) is 2.87. The van der Waals surface area contributed by atoms with Crippen LogP contribution >= 0.6 is 11.8 Å². The van der Waals surface area contributed by atoms with Crippen molar-refractivity contribution in [1.29, 1.82) is 0 Å². The Hall–Kier alpha value is -1.00. The third-order valence-corrected chi connectivity index (χ3v) is 4.56. The molecule has 98 valence electrons. The highest BCUT2D eigenvalue weighted by Gasteiger charge is 2.37. The monoisotopic (exact) mass is 264 g/mol. The zero-order chi connectivity index (χ0) is 13.0. The van der Waals surface area contributed by atoms with Crippen LogP contribution in [0, 0.1) is 5.41 Å². The molecule has 0 unspecified atom stereocenters. The van der Waals surface area contributed by atoms with Crippen molar-refractivity contribution in [2.24, 2.45) is 11.1 Å². The smallest absolute Gasteiger partial charge is 0.225 e. The lowest BCUT2D eigenvalue weighted by atomic mass is 9.66. The second-order valence-corrected chi connectivity index (χ2v) is 5.83. The molecule has 0 aliphatic heterocycles. The Morgan fingerprint density at radius 2 is 2.17 bits per heavy atom. The number of amides is 1. The molecular formula is C14H20N2OS. The van der Waals surface area contributed by atoms with E-state index in [0.717, 1.165) is 23.4 Å². The van der Waals surface area contributed by atoms with Gasteiger partial charge < -0.3 is 11.1 Å². The van der Waals surface area contributed by atoms with E-state index in [2.05, 4.69) is 5.32 Å².